The number of fused-ring (bicyclic) bond motifs is 1. The zero-order valence-corrected chi connectivity index (χ0v) is 8.66. The van der Waals surface area contributed by atoms with Gasteiger partial charge in [-0.2, -0.15) is 0 Å². The van der Waals surface area contributed by atoms with Gasteiger partial charge in [0.15, 0.2) is 0 Å². The molecular weight excluding hydrogens is 177 g/mol. The molecule has 0 saturated carbocycles. The van der Waals surface area contributed by atoms with Crippen molar-refractivity contribution >= 4 is 18.3 Å². The Morgan fingerprint density at radius 1 is 1.43 bits per heavy atom. The minimum Gasteiger partial charge on any atom is -0.423 e. The molecule has 1 aromatic rings. The molecule has 0 radical (unpaired) electrons. The fourth-order valence-corrected chi connectivity index (χ4v) is 1.88. The fourth-order valence-electron chi connectivity index (χ4n) is 1.88. The number of nitrogens with one attached hydrogen (secondary N) is 1. The molecule has 3 nitrogen and oxygen atoms in total. The van der Waals surface area contributed by atoms with E-state index in [4.69, 9.17) is 4.65 Å². The van der Waals surface area contributed by atoms with Crippen molar-refractivity contribution in [2.75, 3.05) is 12.4 Å². The van der Waals surface area contributed by atoms with Gasteiger partial charge in [-0.1, -0.05) is 6.07 Å². The van der Waals surface area contributed by atoms with E-state index in [-0.39, 0.29) is 5.60 Å². The highest BCUT2D eigenvalue weighted by Gasteiger charge is 2.40. The summed E-state index contributed by atoms with van der Waals surface area (Å²) < 4.78 is 5.45. The van der Waals surface area contributed by atoms with Crippen molar-refractivity contribution in [1.82, 2.24) is 0 Å². The number of rotatable bonds is 1. The van der Waals surface area contributed by atoms with Crippen LogP contribution in [0.15, 0.2) is 18.2 Å². The monoisotopic (exact) mass is 191 g/mol. The standard InChI is InChI=1S/C10H14BNO2/c1-10(2)8-5-4-7(12-3)6-9(8)11(13)14-10/h4-6,12-13H,1-3H3. The third kappa shape index (κ3) is 1.31. The highest BCUT2D eigenvalue weighted by atomic mass is 16.5. The molecule has 4 heteroatoms. The van der Waals surface area contributed by atoms with Crippen molar-refractivity contribution in [3.05, 3.63) is 23.8 Å². The lowest BCUT2D eigenvalue weighted by Crippen LogP contribution is -2.28. The lowest BCUT2D eigenvalue weighted by atomic mass is 9.78. The van der Waals surface area contributed by atoms with Crippen LogP contribution >= 0.6 is 0 Å². The molecule has 74 valence electrons. The summed E-state index contributed by atoms with van der Waals surface area (Å²) >= 11 is 0. The van der Waals surface area contributed by atoms with Crippen molar-refractivity contribution in [2.45, 2.75) is 19.4 Å². The maximum atomic E-state index is 9.69. The molecule has 1 heterocycles. The predicted molar refractivity (Wildman–Crippen MR) is 57.7 cm³/mol. The van der Waals surface area contributed by atoms with Crippen LogP contribution in [0.3, 0.4) is 0 Å². The third-order valence-electron chi connectivity index (χ3n) is 2.66. The van der Waals surface area contributed by atoms with Crippen molar-refractivity contribution in [3.63, 3.8) is 0 Å². The molecule has 1 aliphatic heterocycles. The smallest absolute Gasteiger partial charge is 0.423 e. The first-order valence-corrected chi connectivity index (χ1v) is 4.72. The molecule has 0 spiro atoms. The molecule has 1 aromatic carbocycles. The second-order valence-corrected chi connectivity index (χ2v) is 4.03. The van der Waals surface area contributed by atoms with Crippen molar-refractivity contribution in [2.24, 2.45) is 0 Å². The summed E-state index contributed by atoms with van der Waals surface area (Å²) in [7, 11) is 1.06. The molecule has 0 atom stereocenters. The minimum atomic E-state index is -0.798. The van der Waals surface area contributed by atoms with E-state index >= 15 is 0 Å². The first kappa shape index (κ1) is 9.56. The average Bonchev–Trinajstić information content (AvgIpc) is 2.37. The lowest BCUT2D eigenvalue weighted by Gasteiger charge is -2.19. The van der Waals surface area contributed by atoms with E-state index in [9.17, 15) is 5.02 Å². The predicted octanol–water partition coefficient (Wildman–Crippen LogP) is 0.681. The molecular formula is C10H14BNO2. The Labute approximate surface area is 84.2 Å². The Kier molecular flexibility index (Phi) is 2.05. The van der Waals surface area contributed by atoms with Gasteiger partial charge >= 0.3 is 7.12 Å². The summed E-state index contributed by atoms with van der Waals surface area (Å²) in [5.74, 6) is 0. The van der Waals surface area contributed by atoms with Gasteiger partial charge in [-0.05, 0) is 37.0 Å². The van der Waals surface area contributed by atoms with Crippen LogP contribution in [-0.4, -0.2) is 19.2 Å². The Hall–Kier alpha value is -0.995. The SMILES string of the molecule is CNc1ccc2c(c1)B(O)OC2(C)C. The topological polar surface area (TPSA) is 41.5 Å². The van der Waals surface area contributed by atoms with Crippen LogP contribution in [0.1, 0.15) is 19.4 Å². The van der Waals surface area contributed by atoms with E-state index < -0.39 is 7.12 Å². The lowest BCUT2D eigenvalue weighted by molar-refractivity contribution is 0.101. The van der Waals surface area contributed by atoms with Crippen LogP contribution < -0.4 is 10.8 Å². The third-order valence-corrected chi connectivity index (χ3v) is 2.66. The van der Waals surface area contributed by atoms with E-state index in [0.29, 0.717) is 0 Å². The molecule has 0 amide bonds. The maximum absolute atomic E-state index is 9.69. The number of anilines is 1. The van der Waals surface area contributed by atoms with E-state index in [1.54, 1.807) is 0 Å². The van der Waals surface area contributed by atoms with Crippen molar-refractivity contribution in [1.29, 1.82) is 0 Å². The van der Waals surface area contributed by atoms with Gasteiger partial charge in [0.2, 0.25) is 0 Å². The zero-order chi connectivity index (χ0) is 10.3. The van der Waals surface area contributed by atoms with Crippen molar-refractivity contribution in [3.8, 4) is 0 Å². The van der Waals surface area contributed by atoms with Gasteiger partial charge in [0.25, 0.3) is 0 Å². The molecule has 0 aromatic heterocycles. The van der Waals surface area contributed by atoms with Gasteiger partial charge in [0, 0.05) is 12.7 Å². The summed E-state index contributed by atoms with van der Waals surface area (Å²) in [6.07, 6.45) is 0. The minimum absolute atomic E-state index is 0.388. The maximum Gasteiger partial charge on any atom is 0.492 e. The molecule has 0 unspecified atom stereocenters. The summed E-state index contributed by atoms with van der Waals surface area (Å²) in [5, 5.41) is 12.7. The van der Waals surface area contributed by atoms with Crippen LogP contribution in [-0.2, 0) is 10.3 Å². The molecule has 0 bridgehead atoms. The number of benzene rings is 1. The first-order valence-electron chi connectivity index (χ1n) is 4.72. The quantitative estimate of drug-likeness (QED) is 0.641. The molecule has 14 heavy (non-hydrogen) atoms. The van der Waals surface area contributed by atoms with E-state index in [0.717, 1.165) is 16.7 Å². The van der Waals surface area contributed by atoms with Crippen LogP contribution in [0.5, 0.6) is 0 Å². The van der Waals surface area contributed by atoms with Gasteiger partial charge in [-0.25, -0.2) is 0 Å². The average molecular weight is 191 g/mol. The molecule has 0 aliphatic carbocycles. The molecule has 2 rings (SSSR count). The van der Waals surface area contributed by atoms with Gasteiger partial charge in [-0.3, -0.25) is 0 Å². The second-order valence-electron chi connectivity index (χ2n) is 4.03. The molecule has 0 fully saturated rings. The van der Waals surface area contributed by atoms with Crippen LogP contribution in [0, 0.1) is 0 Å². The Morgan fingerprint density at radius 3 is 2.79 bits per heavy atom. The molecule has 0 saturated heterocycles. The largest absolute Gasteiger partial charge is 0.492 e. The van der Waals surface area contributed by atoms with Gasteiger partial charge in [-0.15, -0.1) is 0 Å². The van der Waals surface area contributed by atoms with E-state index in [2.05, 4.69) is 5.32 Å². The van der Waals surface area contributed by atoms with Gasteiger partial charge in [0.1, 0.15) is 0 Å². The fraction of sp³-hybridized carbons (Fsp3) is 0.400. The first-order chi connectivity index (χ1) is 6.54. The Balaban J connectivity index is 2.52. The van der Waals surface area contributed by atoms with Crippen LogP contribution in [0.25, 0.3) is 0 Å². The molecule has 1 aliphatic rings. The van der Waals surface area contributed by atoms with Crippen LogP contribution in [0.4, 0.5) is 5.69 Å². The van der Waals surface area contributed by atoms with Crippen LogP contribution in [0.2, 0.25) is 0 Å². The van der Waals surface area contributed by atoms with Crippen molar-refractivity contribution < 1.29 is 9.68 Å². The number of hydrogen-bond acceptors (Lipinski definition) is 3. The van der Waals surface area contributed by atoms with Gasteiger partial charge < -0.3 is 15.0 Å². The van der Waals surface area contributed by atoms with E-state index in [1.807, 2.05) is 39.1 Å². The summed E-state index contributed by atoms with van der Waals surface area (Å²) in [6, 6.07) is 5.91. The Morgan fingerprint density at radius 2 is 2.14 bits per heavy atom. The Bertz CT molecular complexity index is 365. The number of hydrogen-bond donors (Lipinski definition) is 2. The summed E-state index contributed by atoms with van der Waals surface area (Å²) in [4.78, 5) is 0. The molecule has 2 N–H and O–H groups in total. The second kappa shape index (κ2) is 3.00. The normalized spacial score (nSPS) is 18.1. The van der Waals surface area contributed by atoms with Gasteiger partial charge in [0.05, 0.1) is 5.60 Å². The highest BCUT2D eigenvalue weighted by molar-refractivity contribution is 6.62. The summed E-state index contributed by atoms with van der Waals surface area (Å²) in [5.41, 5.74) is 2.52. The zero-order valence-electron chi connectivity index (χ0n) is 8.66. The summed E-state index contributed by atoms with van der Waals surface area (Å²) in [6.45, 7) is 3.92. The van der Waals surface area contributed by atoms with E-state index in [1.165, 1.54) is 0 Å². The highest BCUT2D eigenvalue weighted by Crippen LogP contribution is 2.30.